The Morgan fingerprint density at radius 2 is 1.78 bits per heavy atom. The fourth-order valence-electron chi connectivity index (χ4n) is 3.80. The number of aryl methyl sites for hydroxylation is 1. The van der Waals surface area contributed by atoms with E-state index in [1.165, 1.54) is 0 Å². The number of hydrogen-bond donors (Lipinski definition) is 2. The third-order valence-electron chi connectivity index (χ3n) is 6.05. The predicted octanol–water partition coefficient (Wildman–Crippen LogP) is 5.62. The number of rotatable bonds is 13. The van der Waals surface area contributed by atoms with Gasteiger partial charge in [-0.05, 0) is 78.4 Å². The molecule has 2 N–H and O–H groups in total. The van der Waals surface area contributed by atoms with Crippen LogP contribution in [0.3, 0.4) is 0 Å². The summed E-state index contributed by atoms with van der Waals surface area (Å²) in [5.41, 5.74) is 0.412. The second-order valence-electron chi connectivity index (χ2n) is 10.8. The molecular weight excluding hydrogens is 474 g/mol. The van der Waals surface area contributed by atoms with Gasteiger partial charge in [0.05, 0.1) is 0 Å². The van der Waals surface area contributed by atoms with Gasteiger partial charge in [0.25, 0.3) is 0 Å². The van der Waals surface area contributed by atoms with E-state index in [1.54, 1.807) is 37.4 Å². The van der Waals surface area contributed by atoms with Crippen molar-refractivity contribution < 1.29 is 19.1 Å². The van der Waals surface area contributed by atoms with Crippen LogP contribution in [0.5, 0.6) is 0 Å². The third-order valence-corrected chi connectivity index (χ3v) is 6.69. The smallest absolute Gasteiger partial charge is 0.408 e. The Balaban J connectivity index is 3.55. The van der Waals surface area contributed by atoms with Crippen LogP contribution in [0.4, 0.5) is 4.79 Å². The van der Waals surface area contributed by atoms with Gasteiger partial charge >= 0.3 is 6.09 Å². The first-order valence-corrected chi connectivity index (χ1v) is 14.3. The molecule has 36 heavy (non-hydrogen) atoms. The van der Waals surface area contributed by atoms with Crippen molar-refractivity contribution in [2.24, 2.45) is 0 Å². The standard InChI is InChI=1S/C28H47N3O4S/c1-10-12-17-29-24(32)23(21-15-13-14-20(3)19-21)31(28(7,8)11-2)25(33)22(16-18-36-9)30-26(34)35-27(4,5)6/h13-15,19,22-23H,10-12,16-18H2,1-9H3,(H,29,32)(H,30,34). The highest BCUT2D eigenvalue weighted by atomic mass is 32.2. The molecule has 2 atom stereocenters. The van der Waals surface area contributed by atoms with E-state index in [1.807, 2.05) is 58.2 Å². The zero-order chi connectivity index (χ0) is 27.5. The summed E-state index contributed by atoms with van der Waals surface area (Å²) < 4.78 is 5.46. The Morgan fingerprint density at radius 3 is 2.31 bits per heavy atom. The number of unbranched alkanes of at least 4 members (excludes halogenated alkanes) is 1. The zero-order valence-electron chi connectivity index (χ0n) is 23.7. The molecule has 0 fully saturated rings. The van der Waals surface area contributed by atoms with Crippen LogP contribution < -0.4 is 10.6 Å². The first-order valence-electron chi connectivity index (χ1n) is 12.9. The lowest BCUT2D eigenvalue weighted by atomic mass is 9.91. The van der Waals surface area contributed by atoms with E-state index in [-0.39, 0.29) is 11.8 Å². The van der Waals surface area contributed by atoms with Crippen LogP contribution in [0, 0.1) is 6.92 Å². The van der Waals surface area contributed by atoms with Gasteiger partial charge in [-0.15, -0.1) is 0 Å². The van der Waals surface area contributed by atoms with Gasteiger partial charge in [-0.1, -0.05) is 50.1 Å². The number of nitrogens with zero attached hydrogens (tertiary/aromatic N) is 1. The summed E-state index contributed by atoms with van der Waals surface area (Å²) in [6.45, 7) is 15.9. The Morgan fingerprint density at radius 1 is 1.11 bits per heavy atom. The van der Waals surface area contributed by atoms with Gasteiger partial charge in [0.15, 0.2) is 0 Å². The van der Waals surface area contributed by atoms with Gasteiger partial charge in [0.2, 0.25) is 11.8 Å². The number of nitrogens with one attached hydrogen (secondary N) is 2. The van der Waals surface area contributed by atoms with Gasteiger partial charge in [-0.3, -0.25) is 9.59 Å². The minimum atomic E-state index is -0.832. The lowest BCUT2D eigenvalue weighted by Gasteiger charge is -2.44. The lowest BCUT2D eigenvalue weighted by molar-refractivity contribution is -0.149. The third kappa shape index (κ3) is 10.0. The quantitative estimate of drug-likeness (QED) is 0.329. The maximum atomic E-state index is 14.3. The number of carbonyl (C=O) groups is 3. The number of thioether (sulfide) groups is 1. The minimum Gasteiger partial charge on any atom is -0.444 e. The highest BCUT2D eigenvalue weighted by Crippen LogP contribution is 2.33. The van der Waals surface area contributed by atoms with Crippen molar-refractivity contribution >= 4 is 29.7 Å². The van der Waals surface area contributed by atoms with Crippen molar-refractivity contribution in [2.75, 3.05) is 18.6 Å². The van der Waals surface area contributed by atoms with Gasteiger partial charge in [0, 0.05) is 12.1 Å². The summed E-state index contributed by atoms with van der Waals surface area (Å²) in [6.07, 6.45) is 4.18. The SMILES string of the molecule is CCCCNC(=O)C(c1cccc(C)c1)N(C(=O)C(CCSC)NC(=O)OC(C)(C)C)C(C)(C)CC. The van der Waals surface area contributed by atoms with Crippen LogP contribution in [0.1, 0.15) is 91.3 Å². The van der Waals surface area contributed by atoms with Crippen LogP contribution in [0.15, 0.2) is 24.3 Å². The van der Waals surface area contributed by atoms with E-state index >= 15 is 0 Å². The molecule has 8 heteroatoms. The van der Waals surface area contributed by atoms with E-state index in [4.69, 9.17) is 4.74 Å². The molecule has 0 heterocycles. The molecule has 0 saturated heterocycles. The van der Waals surface area contributed by atoms with Crippen molar-refractivity contribution in [1.29, 1.82) is 0 Å². The maximum Gasteiger partial charge on any atom is 0.408 e. The Kier molecular flexibility index (Phi) is 12.8. The molecular formula is C28H47N3O4S. The molecule has 0 spiro atoms. The average molecular weight is 522 g/mol. The molecule has 3 amide bonds. The molecule has 0 saturated carbocycles. The number of ether oxygens (including phenoxy) is 1. The summed E-state index contributed by atoms with van der Waals surface area (Å²) in [6, 6.07) is 6.06. The van der Waals surface area contributed by atoms with Crippen molar-refractivity contribution in [3.63, 3.8) is 0 Å². The second kappa shape index (κ2) is 14.5. The topological polar surface area (TPSA) is 87.7 Å². The first-order chi connectivity index (χ1) is 16.8. The molecule has 0 aliphatic rings. The molecule has 0 aliphatic carbocycles. The number of benzene rings is 1. The first kappa shape index (κ1) is 31.8. The molecule has 0 aliphatic heterocycles. The molecule has 1 aromatic carbocycles. The van der Waals surface area contributed by atoms with Crippen molar-refractivity contribution in [3.8, 4) is 0 Å². The van der Waals surface area contributed by atoms with E-state index in [2.05, 4.69) is 17.6 Å². The fraction of sp³-hybridized carbons (Fsp3) is 0.679. The molecule has 0 bridgehead atoms. The van der Waals surface area contributed by atoms with Crippen LogP contribution >= 0.6 is 11.8 Å². The number of carbonyl (C=O) groups excluding carboxylic acids is 3. The van der Waals surface area contributed by atoms with Gasteiger partial charge in [0.1, 0.15) is 17.7 Å². The van der Waals surface area contributed by atoms with Crippen molar-refractivity contribution in [3.05, 3.63) is 35.4 Å². The molecule has 204 valence electrons. The summed E-state index contributed by atoms with van der Waals surface area (Å²) in [7, 11) is 0. The molecule has 1 rings (SSSR count). The summed E-state index contributed by atoms with van der Waals surface area (Å²) in [5, 5.41) is 5.83. The van der Waals surface area contributed by atoms with Crippen molar-refractivity contribution in [2.45, 2.75) is 104 Å². The van der Waals surface area contributed by atoms with Crippen LogP contribution in [-0.4, -0.2) is 58.5 Å². The second-order valence-corrected chi connectivity index (χ2v) is 11.8. The predicted molar refractivity (Wildman–Crippen MR) is 149 cm³/mol. The van der Waals surface area contributed by atoms with Gasteiger partial charge < -0.3 is 20.3 Å². The van der Waals surface area contributed by atoms with Crippen LogP contribution in [-0.2, 0) is 14.3 Å². The number of hydrogen-bond acceptors (Lipinski definition) is 5. The Bertz CT molecular complexity index is 867. The lowest BCUT2D eigenvalue weighted by Crippen LogP contribution is -2.59. The molecule has 7 nitrogen and oxygen atoms in total. The van der Waals surface area contributed by atoms with E-state index in [9.17, 15) is 14.4 Å². The summed E-state index contributed by atoms with van der Waals surface area (Å²) in [4.78, 5) is 42.3. The van der Waals surface area contributed by atoms with Crippen LogP contribution in [0.2, 0.25) is 0 Å². The zero-order valence-corrected chi connectivity index (χ0v) is 24.5. The van der Waals surface area contributed by atoms with E-state index in [0.29, 0.717) is 25.1 Å². The summed E-state index contributed by atoms with van der Waals surface area (Å²) in [5.74, 6) is 0.161. The highest BCUT2D eigenvalue weighted by Gasteiger charge is 2.43. The average Bonchev–Trinajstić information content (AvgIpc) is 2.78. The Hall–Kier alpha value is -2.22. The molecule has 2 unspecified atom stereocenters. The van der Waals surface area contributed by atoms with Gasteiger partial charge in [-0.25, -0.2) is 4.79 Å². The molecule has 1 aromatic rings. The number of amides is 3. The highest BCUT2D eigenvalue weighted by molar-refractivity contribution is 7.98. The fourth-order valence-corrected chi connectivity index (χ4v) is 4.27. The Labute approximate surface area is 222 Å². The minimum absolute atomic E-state index is 0.218. The number of alkyl carbamates (subject to hydrolysis) is 1. The van der Waals surface area contributed by atoms with E-state index < -0.39 is 29.3 Å². The maximum absolute atomic E-state index is 14.3. The molecule has 0 radical (unpaired) electrons. The van der Waals surface area contributed by atoms with E-state index in [0.717, 1.165) is 24.0 Å². The van der Waals surface area contributed by atoms with Gasteiger partial charge in [-0.2, -0.15) is 11.8 Å². The normalized spacial score (nSPS) is 13.5. The largest absolute Gasteiger partial charge is 0.444 e. The van der Waals surface area contributed by atoms with Crippen molar-refractivity contribution in [1.82, 2.24) is 15.5 Å². The molecule has 0 aromatic heterocycles. The summed E-state index contributed by atoms with van der Waals surface area (Å²) >= 11 is 1.60. The van der Waals surface area contributed by atoms with Crippen LogP contribution in [0.25, 0.3) is 0 Å². The monoisotopic (exact) mass is 521 g/mol.